The smallest absolute Gasteiger partial charge is 0.326 e. The van der Waals surface area contributed by atoms with E-state index >= 15 is 0 Å². The third-order valence-corrected chi connectivity index (χ3v) is 5.26. The quantitative estimate of drug-likeness (QED) is 0.233. The molecule has 4 atom stereocenters. The number of nitrogens with one attached hydrogen (secondary N) is 2. The van der Waals surface area contributed by atoms with Gasteiger partial charge >= 0.3 is 5.97 Å². The van der Waals surface area contributed by atoms with Gasteiger partial charge in [-0.1, -0.05) is 12.1 Å². The average molecular weight is 463 g/mol. The van der Waals surface area contributed by atoms with Crippen LogP contribution in [-0.2, 0) is 30.4 Å². The van der Waals surface area contributed by atoms with Crippen molar-refractivity contribution in [1.29, 1.82) is 0 Å². The number of hydrogen-bond acceptors (Lipinski definition) is 7. The van der Waals surface area contributed by atoms with Crippen molar-refractivity contribution in [3.05, 3.63) is 29.8 Å². The van der Waals surface area contributed by atoms with E-state index in [1.165, 1.54) is 24.0 Å². The van der Waals surface area contributed by atoms with Gasteiger partial charge in [-0.2, -0.15) is 0 Å². The van der Waals surface area contributed by atoms with Gasteiger partial charge < -0.3 is 37.2 Å². The molecular weight excluding hydrogens is 434 g/mol. The molecule has 1 aromatic rings. The van der Waals surface area contributed by atoms with E-state index in [9.17, 15) is 34.2 Å². The van der Waals surface area contributed by atoms with Crippen molar-refractivity contribution in [3.63, 3.8) is 0 Å². The van der Waals surface area contributed by atoms with Crippen molar-refractivity contribution in [2.24, 2.45) is 11.5 Å². The lowest BCUT2D eigenvalue weighted by Crippen LogP contribution is -2.58. The van der Waals surface area contributed by atoms with Crippen molar-refractivity contribution in [1.82, 2.24) is 15.5 Å². The molecule has 1 aliphatic heterocycles. The molecule has 12 heteroatoms. The van der Waals surface area contributed by atoms with Crippen LogP contribution in [0.15, 0.2) is 24.3 Å². The molecule has 1 fully saturated rings. The number of hydrogen-bond donors (Lipinski definition) is 6. The van der Waals surface area contributed by atoms with E-state index in [2.05, 4.69) is 10.6 Å². The molecule has 1 saturated heterocycles. The first kappa shape index (κ1) is 25.6. The number of nitrogens with zero attached hydrogens (tertiary/aromatic N) is 1. The zero-order chi connectivity index (χ0) is 24.7. The molecule has 1 aromatic carbocycles. The second-order valence-electron chi connectivity index (χ2n) is 7.98. The maximum atomic E-state index is 13.2. The summed E-state index contributed by atoms with van der Waals surface area (Å²) in [6.07, 6.45) is 0.247. The Morgan fingerprint density at radius 1 is 1.09 bits per heavy atom. The number of phenolic OH excluding ortho intramolecular Hbond substituents is 1. The molecule has 0 saturated carbocycles. The van der Waals surface area contributed by atoms with Crippen LogP contribution in [0.25, 0.3) is 0 Å². The van der Waals surface area contributed by atoms with Gasteiger partial charge in [0.1, 0.15) is 23.9 Å². The number of carboxylic acid groups (broad SMARTS) is 1. The number of carbonyl (C=O) groups excluding carboxylic acids is 4. The molecule has 2 rings (SSSR count). The Morgan fingerprint density at radius 2 is 1.70 bits per heavy atom. The molecule has 0 aromatic heterocycles. The number of aromatic hydroxyl groups is 1. The summed E-state index contributed by atoms with van der Waals surface area (Å²) in [7, 11) is 0. The summed E-state index contributed by atoms with van der Waals surface area (Å²) in [6, 6.07) is 1.40. The summed E-state index contributed by atoms with van der Waals surface area (Å²) < 4.78 is 0. The first-order chi connectivity index (χ1) is 15.5. The maximum Gasteiger partial charge on any atom is 0.326 e. The number of nitrogens with two attached hydrogens (primary N) is 2. The maximum absolute atomic E-state index is 13.2. The highest BCUT2D eigenvalue weighted by Crippen LogP contribution is 2.20. The number of benzene rings is 1. The predicted octanol–water partition coefficient (Wildman–Crippen LogP) is -1.80. The lowest BCUT2D eigenvalue weighted by Gasteiger charge is -2.29. The summed E-state index contributed by atoms with van der Waals surface area (Å²) in [5.74, 6) is -4.14. The Bertz CT molecular complexity index is 903. The third kappa shape index (κ3) is 7.17. The van der Waals surface area contributed by atoms with E-state index in [0.717, 1.165) is 0 Å². The fraction of sp³-hybridized carbons (Fsp3) is 0.476. The average Bonchev–Trinajstić information content (AvgIpc) is 3.23. The van der Waals surface area contributed by atoms with Crippen LogP contribution in [0.3, 0.4) is 0 Å². The molecule has 0 spiro atoms. The predicted molar refractivity (Wildman–Crippen MR) is 116 cm³/mol. The Hall–Kier alpha value is -3.67. The van der Waals surface area contributed by atoms with Crippen LogP contribution in [0.2, 0.25) is 0 Å². The van der Waals surface area contributed by atoms with Crippen LogP contribution < -0.4 is 22.1 Å². The summed E-state index contributed by atoms with van der Waals surface area (Å²) in [5.41, 5.74) is 11.3. The normalized spacial score (nSPS) is 18.1. The zero-order valence-electron chi connectivity index (χ0n) is 18.2. The number of aliphatic carboxylic acids is 1. The number of carbonyl (C=O) groups is 5. The molecule has 4 amide bonds. The minimum Gasteiger partial charge on any atom is -0.508 e. The molecule has 4 unspecified atom stereocenters. The van der Waals surface area contributed by atoms with E-state index in [1.54, 1.807) is 12.1 Å². The molecule has 0 aliphatic carbocycles. The van der Waals surface area contributed by atoms with Crippen molar-refractivity contribution < 1.29 is 34.2 Å². The van der Waals surface area contributed by atoms with E-state index in [0.29, 0.717) is 12.0 Å². The van der Waals surface area contributed by atoms with E-state index in [4.69, 9.17) is 11.5 Å². The topological polar surface area (TPSA) is 205 Å². The third-order valence-electron chi connectivity index (χ3n) is 5.26. The van der Waals surface area contributed by atoms with Crippen molar-refractivity contribution in [2.45, 2.75) is 56.8 Å². The second-order valence-corrected chi connectivity index (χ2v) is 7.98. The lowest BCUT2D eigenvalue weighted by molar-refractivity contribution is -0.149. The molecular formula is C21H29N5O7. The minimum atomic E-state index is -1.37. The molecule has 12 nitrogen and oxygen atoms in total. The van der Waals surface area contributed by atoms with Gasteiger partial charge in [-0.15, -0.1) is 0 Å². The van der Waals surface area contributed by atoms with E-state index in [1.807, 2.05) is 0 Å². The number of carboxylic acids is 1. The lowest BCUT2D eigenvalue weighted by atomic mass is 10.0. The summed E-state index contributed by atoms with van der Waals surface area (Å²) in [5, 5.41) is 23.8. The number of rotatable bonds is 10. The monoisotopic (exact) mass is 463 g/mol. The van der Waals surface area contributed by atoms with Crippen LogP contribution in [0.5, 0.6) is 5.75 Å². The highest BCUT2D eigenvalue weighted by Gasteiger charge is 2.38. The van der Waals surface area contributed by atoms with Gasteiger partial charge in [-0.05, 0) is 37.5 Å². The fourth-order valence-electron chi connectivity index (χ4n) is 3.54. The van der Waals surface area contributed by atoms with Gasteiger partial charge in [0.15, 0.2) is 0 Å². The number of phenols is 1. The zero-order valence-corrected chi connectivity index (χ0v) is 18.2. The Kier molecular flexibility index (Phi) is 8.74. The highest BCUT2D eigenvalue weighted by atomic mass is 16.4. The van der Waals surface area contributed by atoms with Gasteiger partial charge in [-0.3, -0.25) is 19.2 Å². The Labute approximate surface area is 190 Å². The number of amides is 4. The fourth-order valence-corrected chi connectivity index (χ4v) is 3.54. The van der Waals surface area contributed by atoms with Crippen LogP contribution in [0.4, 0.5) is 0 Å². The largest absolute Gasteiger partial charge is 0.508 e. The minimum absolute atomic E-state index is 0.0104. The molecule has 0 radical (unpaired) electrons. The molecule has 8 N–H and O–H groups in total. The first-order valence-corrected chi connectivity index (χ1v) is 10.5. The number of likely N-dealkylation sites (tertiary alicyclic amines) is 1. The van der Waals surface area contributed by atoms with E-state index in [-0.39, 0.29) is 25.1 Å². The highest BCUT2D eigenvalue weighted by molar-refractivity contribution is 5.96. The first-order valence-electron chi connectivity index (χ1n) is 10.5. The molecule has 0 bridgehead atoms. The second kappa shape index (κ2) is 11.3. The summed E-state index contributed by atoms with van der Waals surface area (Å²) in [6.45, 7) is 1.61. The van der Waals surface area contributed by atoms with Crippen LogP contribution in [0, 0.1) is 0 Å². The molecule has 33 heavy (non-hydrogen) atoms. The Balaban J connectivity index is 2.28. The van der Waals surface area contributed by atoms with Gasteiger partial charge in [0.2, 0.25) is 23.6 Å². The molecule has 1 heterocycles. The van der Waals surface area contributed by atoms with Crippen molar-refractivity contribution in [3.8, 4) is 5.75 Å². The summed E-state index contributed by atoms with van der Waals surface area (Å²) >= 11 is 0. The van der Waals surface area contributed by atoms with Gasteiger partial charge in [0, 0.05) is 13.0 Å². The van der Waals surface area contributed by atoms with Crippen LogP contribution >= 0.6 is 0 Å². The Morgan fingerprint density at radius 3 is 2.24 bits per heavy atom. The summed E-state index contributed by atoms with van der Waals surface area (Å²) in [4.78, 5) is 62.3. The van der Waals surface area contributed by atoms with E-state index < -0.39 is 60.2 Å². The van der Waals surface area contributed by atoms with Crippen molar-refractivity contribution in [2.75, 3.05) is 6.54 Å². The number of primary amides is 1. The standard InChI is InChI=1S/C21H29N5O7/c1-11(22)18(29)24-14(10-17(23)28)19(30)25-15(9-12-4-6-13(27)7-5-12)20(31)26-8-2-3-16(26)21(32)33/h4-7,11,14-16,27H,2-3,8-10,22H2,1H3,(H2,23,28)(H,24,29)(H,25,30)(H,32,33). The van der Waals surface area contributed by atoms with Crippen LogP contribution in [0.1, 0.15) is 31.7 Å². The van der Waals surface area contributed by atoms with Crippen LogP contribution in [-0.4, -0.2) is 75.4 Å². The van der Waals surface area contributed by atoms with Gasteiger partial charge in [0.05, 0.1) is 12.5 Å². The molecule has 1 aliphatic rings. The molecule has 180 valence electrons. The van der Waals surface area contributed by atoms with Gasteiger partial charge in [-0.25, -0.2) is 4.79 Å². The van der Waals surface area contributed by atoms with Crippen molar-refractivity contribution >= 4 is 29.6 Å². The SMILES string of the molecule is CC(N)C(=O)NC(CC(N)=O)C(=O)NC(Cc1ccc(O)cc1)C(=O)N1CCCC1C(=O)O. The van der Waals surface area contributed by atoms with Gasteiger partial charge in [0.25, 0.3) is 0 Å².